The number of nitro groups is 1. The standard InChI is InChI=1S/C20H17ClN2O4/c1-27-20(24)15-8-9-16(21)19-17(15)13-6-3-7-14(13)18(22-19)11-4-2-5-12(10-11)23(25)26/h2-6,8-10,13-14,18,22H,7H2,1H3/t13-,14-,18+/m1/s1. The second-order valence-corrected chi connectivity index (χ2v) is 7.11. The van der Waals surface area contributed by atoms with Crippen molar-refractivity contribution in [3.05, 3.63) is 80.4 Å². The van der Waals surface area contributed by atoms with Gasteiger partial charge in [0.1, 0.15) is 0 Å². The molecule has 0 saturated carbocycles. The molecule has 7 heteroatoms. The van der Waals surface area contributed by atoms with Crippen molar-refractivity contribution in [3.8, 4) is 0 Å². The van der Waals surface area contributed by atoms with Crippen molar-refractivity contribution in [2.45, 2.75) is 18.4 Å². The van der Waals surface area contributed by atoms with E-state index in [2.05, 4.69) is 17.5 Å². The Labute approximate surface area is 160 Å². The van der Waals surface area contributed by atoms with Crippen LogP contribution in [0.4, 0.5) is 11.4 Å². The minimum atomic E-state index is -0.405. The van der Waals surface area contributed by atoms with Gasteiger partial charge in [0.05, 0.1) is 34.3 Å². The summed E-state index contributed by atoms with van der Waals surface area (Å²) in [5.41, 5.74) is 2.88. The first-order valence-electron chi connectivity index (χ1n) is 8.59. The van der Waals surface area contributed by atoms with Gasteiger partial charge in [0, 0.05) is 18.1 Å². The molecule has 1 aliphatic heterocycles. The molecule has 0 fully saturated rings. The molecule has 0 bridgehead atoms. The molecular weight excluding hydrogens is 368 g/mol. The first-order valence-corrected chi connectivity index (χ1v) is 8.97. The Morgan fingerprint density at radius 1 is 1.33 bits per heavy atom. The Balaban J connectivity index is 1.84. The van der Waals surface area contributed by atoms with Crippen molar-refractivity contribution in [1.29, 1.82) is 0 Å². The van der Waals surface area contributed by atoms with Crippen molar-refractivity contribution < 1.29 is 14.5 Å². The molecule has 0 amide bonds. The van der Waals surface area contributed by atoms with Crippen LogP contribution >= 0.6 is 11.6 Å². The number of halogens is 1. The monoisotopic (exact) mass is 384 g/mol. The van der Waals surface area contributed by atoms with Crippen molar-refractivity contribution in [2.75, 3.05) is 12.4 Å². The number of carbonyl (C=O) groups excluding carboxylic acids is 1. The highest BCUT2D eigenvalue weighted by Gasteiger charge is 2.41. The molecule has 0 unspecified atom stereocenters. The number of nitro benzene ring substituents is 1. The van der Waals surface area contributed by atoms with E-state index in [-0.39, 0.29) is 23.6 Å². The van der Waals surface area contributed by atoms with E-state index in [1.165, 1.54) is 13.2 Å². The zero-order valence-electron chi connectivity index (χ0n) is 14.5. The highest BCUT2D eigenvalue weighted by molar-refractivity contribution is 6.33. The third kappa shape index (κ3) is 2.86. The summed E-state index contributed by atoms with van der Waals surface area (Å²) in [6, 6.07) is 9.85. The highest BCUT2D eigenvalue weighted by Crippen LogP contribution is 2.52. The van der Waals surface area contributed by atoms with Crippen LogP contribution in [0.25, 0.3) is 0 Å². The Bertz CT molecular complexity index is 972. The number of fused-ring (bicyclic) bond motifs is 3. The number of benzene rings is 2. The van der Waals surface area contributed by atoms with Gasteiger partial charge in [-0.15, -0.1) is 0 Å². The maximum atomic E-state index is 12.3. The molecule has 0 aromatic heterocycles. The average molecular weight is 385 g/mol. The van der Waals surface area contributed by atoms with Gasteiger partial charge in [-0.2, -0.15) is 0 Å². The average Bonchev–Trinajstić information content (AvgIpc) is 3.17. The number of nitrogens with zero attached hydrogens (tertiary/aromatic N) is 1. The van der Waals surface area contributed by atoms with Crippen LogP contribution in [-0.4, -0.2) is 18.0 Å². The van der Waals surface area contributed by atoms with E-state index in [0.717, 1.165) is 17.5 Å². The maximum absolute atomic E-state index is 12.3. The smallest absolute Gasteiger partial charge is 0.338 e. The van der Waals surface area contributed by atoms with Crippen molar-refractivity contribution in [1.82, 2.24) is 0 Å². The summed E-state index contributed by atoms with van der Waals surface area (Å²) in [5.74, 6) is -0.294. The van der Waals surface area contributed by atoms with Crippen LogP contribution in [0.1, 0.15) is 39.9 Å². The molecule has 0 saturated heterocycles. The lowest BCUT2D eigenvalue weighted by Crippen LogP contribution is -2.30. The number of allylic oxidation sites excluding steroid dienone is 2. The van der Waals surface area contributed by atoms with Crippen molar-refractivity contribution in [2.24, 2.45) is 5.92 Å². The van der Waals surface area contributed by atoms with Crippen LogP contribution in [0.15, 0.2) is 48.6 Å². The van der Waals surface area contributed by atoms with Gasteiger partial charge in [0.15, 0.2) is 0 Å². The van der Waals surface area contributed by atoms with Crippen LogP contribution in [0.2, 0.25) is 5.02 Å². The van der Waals surface area contributed by atoms with Crippen LogP contribution in [0, 0.1) is 16.0 Å². The molecule has 3 atom stereocenters. The number of anilines is 1. The molecular formula is C20H17ClN2O4. The van der Waals surface area contributed by atoms with Crippen LogP contribution < -0.4 is 5.32 Å². The number of esters is 1. The summed E-state index contributed by atoms with van der Waals surface area (Å²) < 4.78 is 4.94. The molecule has 6 nitrogen and oxygen atoms in total. The molecule has 2 aromatic carbocycles. The first kappa shape index (κ1) is 17.5. The Morgan fingerprint density at radius 2 is 2.15 bits per heavy atom. The predicted molar refractivity (Wildman–Crippen MR) is 102 cm³/mol. The first-order chi connectivity index (χ1) is 13.0. The Kier molecular flexibility index (Phi) is 4.36. The zero-order chi connectivity index (χ0) is 19.1. The topological polar surface area (TPSA) is 81.5 Å². The van der Waals surface area contributed by atoms with E-state index in [4.69, 9.17) is 16.3 Å². The molecule has 1 aliphatic carbocycles. The van der Waals surface area contributed by atoms with Crippen molar-refractivity contribution in [3.63, 3.8) is 0 Å². The molecule has 1 heterocycles. The predicted octanol–water partition coefficient (Wildman–Crippen LogP) is 4.86. The fourth-order valence-electron chi connectivity index (χ4n) is 4.12. The molecule has 0 spiro atoms. The number of rotatable bonds is 3. The Morgan fingerprint density at radius 3 is 2.89 bits per heavy atom. The maximum Gasteiger partial charge on any atom is 0.338 e. The number of methoxy groups -OCH3 is 1. The number of non-ortho nitro benzene ring substituents is 1. The van der Waals surface area contributed by atoms with Gasteiger partial charge < -0.3 is 10.1 Å². The van der Waals surface area contributed by atoms with Gasteiger partial charge in [-0.25, -0.2) is 4.79 Å². The number of ether oxygens (including phenoxy) is 1. The molecule has 1 N–H and O–H groups in total. The Hall–Kier alpha value is -2.86. The summed E-state index contributed by atoms with van der Waals surface area (Å²) in [6.45, 7) is 0. The largest absolute Gasteiger partial charge is 0.465 e. The fraction of sp³-hybridized carbons (Fsp3) is 0.250. The summed E-state index contributed by atoms with van der Waals surface area (Å²) in [5, 5.41) is 15.1. The molecule has 27 heavy (non-hydrogen) atoms. The number of hydrogen-bond acceptors (Lipinski definition) is 5. The highest BCUT2D eigenvalue weighted by atomic mass is 35.5. The normalized spacial score (nSPS) is 22.5. The minimum Gasteiger partial charge on any atom is -0.465 e. The quantitative estimate of drug-likeness (QED) is 0.353. The van der Waals surface area contributed by atoms with Gasteiger partial charge in [0.25, 0.3) is 5.69 Å². The third-order valence-electron chi connectivity index (χ3n) is 5.31. The van der Waals surface area contributed by atoms with Crippen LogP contribution in [-0.2, 0) is 4.74 Å². The lowest BCUT2D eigenvalue weighted by atomic mass is 9.75. The minimum absolute atomic E-state index is 0.0155. The van der Waals surface area contributed by atoms with E-state index >= 15 is 0 Å². The van der Waals surface area contributed by atoms with Gasteiger partial charge in [-0.1, -0.05) is 35.9 Å². The van der Waals surface area contributed by atoms with E-state index < -0.39 is 10.9 Å². The molecule has 2 aromatic rings. The van der Waals surface area contributed by atoms with Gasteiger partial charge in [0.2, 0.25) is 0 Å². The molecule has 138 valence electrons. The molecule has 0 radical (unpaired) electrons. The summed E-state index contributed by atoms with van der Waals surface area (Å²) in [7, 11) is 1.35. The summed E-state index contributed by atoms with van der Waals surface area (Å²) >= 11 is 6.44. The molecule has 2 aliphatic rings. The molecule has 4 rings (SSSR count). The fourth-order valence-corrected chi connectivity index (χ4v) is 4.34. The lowest BCUT2D eigenvalue weighted by Gasteiger charge is -2.38. The van der Waals surface area contributed by atoms with E-state index in [0.29, 0.717) is 16.3 Å². The van der Waals surface area contributed by atoms with Crippen LogP contribution in [0.5, 0.6) is 0 Å². The van der Waals surface area contributed by atoms with Crippen molar-refractivity contribution >= 4 is 28.9 Å². The SMILES string of the molecule is COC(=O)c1ccc(Cl)c2c1[C@@H]1C=CC[C@H]1[C@H](c1cccc([N+](=O)[O-])c1)N2. The number of nitrogens with one attached hydrogen (secondary N) is 1. The second-order valence-electron chi connectivity index (χ2n) is 6.70. The summed E-state index contributed by atoms with van der Waals surface area (Å²) in [4.78, 5) is 23.0. The van der Waals surface area contributed by atoms with Gasteiger partial charge in [-0.05, 0) is 35.6 Å². The van der Waals surface area contributed by atoms with E-state index in [9.17, 15) is 14.9 Å². The van der Waals surface area contributed by atoms with E-state index in [1.807, 2.05) is 6.07 Å². The lowest BCUT2D eigenvalue weighted by molar-refractivity contribution is -0.384. The van der Waals surface area contributed by atoms with E-state index in [1.54, 1.807) is 24.3 Å². The number of hydrogen-bond donors (Lipinski definition) is 1. The number of carbonyl (C=O) groups is 1. The van der Waals surface area contributed by atoms with Crippen LogP contribution in [0.3, 0.4) is 0 Å². The zero-order valence-corrected chi connectivity index (χ0v) is 15.3. The summed E-state index contributed by atoms with van der Waals surface area (Å²) in [6.07, 6.45) is 4.97. The third-order valence-corrected chi connectivity index (χ3v) is 5.63. The second kappa shape index (κ2) is 6.70. The van der Waals surface area contributed by atoms with Gasteiger partial charge >= 0.3 is 5.97 Å². The van der Waals surface area contributed by atoms with Gasteiger partial charge in [-0.3, -0.25) is 10.1 Å².